The average molecular weight is 279 g/mol. The van der Waals surface area contributed by atoms with Crippen LogP contribution in [0.2, 0.25) is 0 Å². The summed E-state index contributed by atoms with van der Waals surface area (Å²) in [6.07, 6.45) is 1.23. The van der Waals surface area contributed by atoms with Crippen LogP contribution < -0.4 is 11.1 Å². The molecule has 0 spiro atoms. The third-order valence-corrected chi connectivity index (χ3v) is 3.68. The highest BCUT2D eigenvalue weighted by Crippen LogP contribution is 2.16. The molecule has 6 heteroatoms. The lowest BCUT2D eigenvalue weighted by Crippen LogP contribution is -2.23. The molecular weight excluding hydrogens is 258 g/mol. The van der Waals surface area contributed by atoms with Crippen molar-refractivity contribution in [3.05, 3.63) is 17.5 Å². The first-order valence-corrected chi connectivity index (χ1v) is 7.11. The highest BCUT2D eigenvalue weighted by molar-refractivity contribution is 7.80. The molecule has 1 unspecified atom stereocenters. The summed E-state index contributed by atoms with van der Waals surface area (Å²) in [6.45, 7) is 8.49. The maximum atomic E-state index is 5.61. The SMILES string of the molecule is CCN1CCC(CNc2nc(C)cc(C(N)=S)n2)C1. The fourth-order valence-electron chi connectivity index (χ4n) is 2.38. The van der Waals surface area contributed by atoms with E-state index in [1.54, 1.807) is 0 Å². The summed E-state index contributed by atoms with van der Waals surface area (Å²) < 4.78 is 0. The second-order valence-corrected chi connectivity index (χ2v) is 5.45. The third kappa shape index (κ3) is 3.84. The lowest BCUT2D eigenvalue weighted by atomic mass is 10.1. The number of likely N-dealkylation sites (tertiary alicyclic amines) is 1. The fourth-order valence-corrected chi connectivity index (χ4v) is 2.48. The number of aryl methyl sites for hydroxylation is 1. The van der Waals surface area contributed by atoms with Crippen LogP contribution in [0.3, 0.4) is 0 Å². The number of nitrogens with two attached hydrogens (primary N) is 1. The standard InChI is InChI=1S/C13H21N5S/c1-3-18-5-4-10(8-18)7-15-13-16-9(2)6-11(17-13)12(14)19/h6,10H,3-5,7-8H2,1-2H3,(H2,14,19)(H,15,16,17). The summed E-state index contributed by atoms with van der Waals surface area (Å²) in [5.74, 6) is 1.29. The Morgan fingerprint density at radius 3 is 3.00 bits per heavy atom. The average Bonchev–Trinajstić information content (AvgIpc) is 2.83. The molecule has 1 atom stereocenters. The predicted octanol–water partition coefficient (Wildman–Crippen LogP) is 1.17. The van der Waals surface area contributed by atoms with E-state index in [9.17, 15) is 0 Å². The van der Waals surface area contributed by atoms with Crippen molar-refractivity contribution in [3.63, 3.8) is 0 Å². The van der Waals surface area contributed by atoms with E-state index in [0.717, 1.165) is 25.3 Å². The van der Waals surface area contributed by atoms with Gasteiger partial charge in [0.05, 0.1) is 0 Å². The normalized spacial score (nSPS) is 19.6. The number of thiocarbonyl (C=S) groups is 1. The number of nitrogens with zero attached hydrogens (tertiary/aromatic N) is 3. The van der Waals surface area contributed by atoms with Crippen LogP contribution in [0.25, 0.3) is 0 Å². The molecule has 1 aromatic heterocycles. The van der Waals surface area contributed by atoms with E-state index in [-0.39, 0.29) is 0 Å². The number of nitrogens with one attached hydrogen (secondary N) is 1. The van der Waals surface area contributed by atoms with Crippen LogP contribution in [-0.4, -0.2) is 46.0 Å². The Morgan fingerprint density at radius 1 is 1.58 bits per heavy atom. The topological polar surface area (TPSA) is 67.1 Å². The van der Waals surface area contributed by atoms with Crippen molar-refractivity contribution in [2.24, 2.45) is 11.7 Å². The number of hydrogen-bond donors (Lipinski definition) is 2. The number of rotatable bonds is 5. The first-order chi connectivity index (χ1) is 9.08. The Kier molecular flexibility index (Phi) is 4.66. The number of hydrogen-bond acceptors (Lipinski definition) is 5. The lowest BCUT2D eigenvalue weighted by molar-refractivity contribution is 0.345. The van der Waals surface area contributed by atoms with E-state index in [4.69, 9.17) is 18.0 Å². The largest absolute Gasteiger partial charge is 0.388 e. The minimum absolute atomic E-state index is 0.312. The van der Waals surface area contributed by atoms with Gasteiger partial charge >= 0.3 is 0 Å². The number of anilines is 1. The van der Waals surface area contributed by atoms with Gasteiger partial charge in [-0.25, -0.2) is 9.97 Å². The highest BCUT2D eigenvalue weighted by atomic mass is 32.1. The van der Waals surface area contributed by atoms with Crippen LogP contribution in [0.4, 0.5) is 5.95 Å². The van der Waals surface area contributed by atoms with Crippen LogP contribution in [0.5, 0.6) is 0 Å². The first-order valence-electron chi connectivity index (χ1n) is 6.70. The third-order valence-electron chi connectivity index (χ3n) is 3.47. The van der Waals surface area contributed by atoms with Crippen molar-refractivity contribution >= 4 is 23.2 Å². The number of aromatic nitrogens is 2. The van der Waals surface area contributed by atoms with E-state index in [1.807, 2.05) is 13.0 Å². The van der Waals surface area contributed by atoms with Gasteiger partial charge in [-0.2, -0.15) is 0 Å². The smallest absolute Gasteiger partial charge is 0.223 e. The molecular formula is C13H21N5S. The van der Waals surface area contributed by atoms with Gasteiger partial charge in [-0.3, -0.25) is 0 Å². The molecule has 0 aromatic carbocycles. The molecule has 1 fully saturated rings. The molecule has 1 saturated heterocycles. The molecule has 2 heterocycles. The van der Waals surface area contributed by atoms with E-state index < -0.39 is 0 Å². The summed E-state index contributed by atoms with van der Waals surface area (Å²) in [5.41, 5.74) is 7.12. The van der Waals surface area contributed by atoms with E-state index in [2.05, 4.69) is 27.1 Å². The minimum atomic E-state index is 0.312. The zero-order valence-electron chi connectivity index (χ0n) is 11.5. The fraction of sp³-hybridized carbons (Fsp3) is 0.615. The van der Waals surface area contributed by atoms with Crippen LogP contribution >= 0.6 is 12.2 Å². The zero-order chi connectivity index (χ0) is 13.8. The second kappa shape index (κ2) is 6.25. The molecule has 1 aliphatic rings. The summed E-state index contributed by atoms with van der Waals surface area (Å²) in [5, 5.41) is 3.30. The van der Waals surface area contributed by atoms with Crippen molar-refractivity contribution in [1.29, 1.82) is 0 Å². The molecule has 104 valence electrons. The van der Waals surface area contributed by atoms with Crippen molar-refractivity contribution in [2.75, 3.05) is 31.5 Å². The quantitative estimate of drug-likeness (QED) is 0.789. The Bertz CT molecular complexity index is 462. The van der Waals surface area contributed by atoms with Gasteiger partial charge < -0.3 is 16.0 Å². The molecule has 1 aromatic rings. The summed E-state index contributed by atoms with van der Waals surface area (Å²) in [4.78, 5) is 11.5. The zero-order valence-corrected chi connectivity index (χ0v) is 12.3. The van der Waals surface area contributed by atoms with Gasteiger partial charge in [0.2, 0.25) is 5.95 Å². The molecule has 0 bridgehead atoms. The Labute approximate surface area is 119 Å². The van der Waals surface area contributed by atoms with Crippen molar-refractivity contribution in [3.8, 4) is 0 Å². The van der Waals surface area contributed by atoms with Crippen molar-refractivity contribution in [1.82, 2.24) is 14.9 Å². The molecule has 5 nitrogen and oxygen atoms in total. The van der Waals surface area contributed by atoms with Gasteiger partial charge in [0, 0.05) is 18.8 Å². The molecule has 0 radical (unpaired) electrons. The lowest BCUT2D eigenvalue weighted by Gasteiger charge is -2.14. The van der Waals surface area contributed by atoms with Crippen LogP contribution in [0.15, 0.2) is 6.07 Å². The van der Waals surface area contributed by atoms with E-state index in [1.165, 1.54) is 13.0 Å². The monoisotopic (exact) mass is 279 g/mol. The molecule has 1 aliphatic heterocycles. The Balaban J connectivity index is 1.94. The van der Waals surface area contributed by atoms with Gasteiger partial charge in [0.15, 0.2) is 0 Å². The van der Waals surface area contributed by atoms with Crippen LogP contribution in [0, 0.1) is 12.8 Å². The molecule has 19 heavy (non-hydrogen) atoms. The Hall–Kier alpha value is -1.27. The van der Waals surface area contributed by atoms with E-state index >= 15 is 0 Å². The predicted molar refractivity (Wildman–Crippen MR) is 81.4 cm³/mol. The van der Waals surface area contributed by atoms with Crippen LogP contribution in [-0.2, 0) is 0 Å². The first kappa shape index (κ1) is 14.1. The van der Waals surface area contributed by atoms with Gasteiger partial charge in [-0.1, -0.05) is 19.1 Å². The maximum absolute atomic E-state index is 5.61. The van der Waals surface area contributed by atoms with Gasteiger partial charge in [-0.05, 0) is 38.4 Å². The van der Waals surface area contributed by atoms with Gasteiger partial charge in [0.25, 0.3) is 0 Å². The second-order valence-electron chi connectivity index (χ2n) is 5.01. The van der Waals surface area contributed by atoms with Crippen molar-refractivity contribution in [2.45, 2.75) is 20.3 Å². The molecule has 3 N–H and O–H groups in total. The molecule has 0 amide bonds. The summed E-state index contributed by atoms with van der Waals surface area (Å²) in [7, 11) is 0. The minimum Gasteiger partial charge on any atom is -0.388 e. The van der Waals surface area contributed by atoms with Crippen molar-refractivity contribution < 1.29 is 0 Å². The molecule has 0 aliphatic carbocycles. The summed E-state index contributed by atoms with van der Waals surface area (Å²) in [6, 6.07) is 1.81. The highest BCUT2D eigenvalue weighted by Gasteiger charge is 2.21. The molecule has 2 rings (SSSR count). The Morgan fingerprint density at radius 2 is 2.37 bits per heavy atom. The van der Waals surface area contributed by atoms with E-state index in [0.29, 0.717) is 22.5 Å². The summed E-state index contributed by atoms with van der Waals surface area (Å²) >= 11 is 4.96. The van der Waals surface area contributed by atoms with Crippen LogP contribution in [0.1, 0.15) is 24.7 Å². The molecule has 0 saturated carbocycles. The van der Waals surface area contributed by atoms with Gasteiger partial charge in [0.1, 0.15) is 10.7 Å². The van der Waals surface area contributed by atoms with Gasteiger partial charge in [-0.15, -0.1) is 0 Å². The maximum Gasteiger partial charge on any atom is 0.223 e.